The van der Waals surface area contributed by atoms with Crippen LogP contribution in [0.4, 0.5) is 4.79 Å². The number of carbonyl (C=O) groups excluding carboxylic acids is 1. The largest absolute Gasteiger partial charge is 0.497 e. The van der Waals surface area contributed by atoms with Crippen molar-refractivity contribution in [3.8, 4) is 17.0 Å². The zero-order valence-corrected chi connectivity index (χ0v) is 15.4. The van der Waals surface area contributed by atoms with Gasteiger partial charge in [-0.25, -0.2) is 9.78 Å². The molecule has 1 aromatic heterocycles. The van der Waals surface area contributed by atoms with Crippen LogP contribution in [-0.4, -0.2) is 36.3 Å². The van der Waals surface area contributed by atoms with E-state index in [-0.39, 0.29) is 11.5 Å². The molecule has 1 amide bonds. The number of nitrogens with one attached hydrogen (secondary N) is 2. The van der Waals surface area contributed by atoms with Crippen molar-refractivity contribution in [1.29, 1.82) is 0 Å². The summed E-state index contributed by atoms with van der Waals surface area (Å²) in [6.45, 7) is 7.25. The van der Waals surface area contributed by atoms with E-state index in [0.717, 1.165) is 29.3 Å². The maximum Gasteiger partial charge on any atom is 0.407 e. The van der Waals surface area contributed by atoms with E-state index in [9.17, 15) is 4.79 Å². The lowest BCUT2D eigenvalue weighted by Crippen LogP contribution is -2.27. The van der Waals surface area contributed by atoms with Gasteiger partial charge in [0.1, 0.15) is 11.6 Å². The highest BCUT2D eigenvalue weighted by atomic mass is 16.5. The van der Waals surface area contributed by atoms with Gasteiger partial charge in [-0.05, 0) is 36.1 Å². The van der Waals surface area contributed by atoms with Crippen molar-refractivity contribution < 1.29 is 14.3 Å². The van der Waals surface area contributed by atoms with Crippen LogP contribution < -0.4 is 10.1 Å². The first-order chi connectivity index (χ1) is 11.9. The third-order valence-electron chi connectivity index (χ3n) is 3.73. The zero-order chi connectivity index (χ0) is 18.3. The molecule has 25 heavy (non-hydrogen) atoms. The Morgan fingerprint density at radius 2 is 1.96 bits per heavy atom. The number of aromatic nitrogens is 2. The Hall–Kier alpha value is -2.50. The number of hydrogen-bond acceptors (Lipinski definition) is 4. The molecule has 0 saturated carbocycles. The number of ether oxygens (including phenoxy) is 2. The van der Waals surface area contributed by atoms with Gasteiger partial charge in [-0.3, -0.25) is 0 Å². The summed E-state index contributed by atoms with van der Waals surface area (Å²) in [6.07, 6.45) is 2.93. The number of benzene rings is 1. The fourth-order valence-electron chi connectivity index (χ4n) is 2.18. The third kappa shape index (κ3) is 6.49. The highest BCUT2D eigenvalue weighted by Crippen LogP contribution is 2.20. The summed E-state index contributed by atoms with van der Waals surface area (Å²) in [7, 11) is 1.64. The number of amides is 1. The summed E-state index contributed by atoms with van der Waals surface area (Å²) >= 11 is 0. The average molecular weight is 345 g/mol. The number of aromatic amines is 1. The Morgan fingerprint density at radius 1 is 1.24 bits per heavy atom. The first-order valence-corrected chi connectivity index (χ1v) is 8.47. The Bertz CT molecular complexity index is 672. The number of carbonyl (C=O) groups is 1. The summed E-state index contributed by atoms with van der Waals surface area (Å²) in [4.78, 5) is 19.3. The monoisotopic (exact) mass is 345 g/mol. The normalized spacial score (nSPS) is 11.2. The van der Waals surface area contributed by atoms with Gasteiger partial charge in [-0.2, -0.15) is 0 Å². The maximum atomic E-state index is 11.6. The topological polar surface area (TPSA) is 76.2 Å². The van der Waals surface area contributed by atoms with Gasteiger partial charge in [0.2, 0.25) is 0 Å². The lowest BCUT2D eigenvalue weighted by Gasteiger charge is -2.17. The number of hydrogen-bond donors (Lipinski definition) is 2. The van der Waals surface area contributed by atoms with E-state index in [4.69, 9.17) is 9.47 Å². The zero-order valence-electron chi connectivity index (χ0n) is 15.4. The summed E-state index contributed by atoms with van der Waals surface area (Å²) in [5.74, 6) is 1.63. The van der Waals surface area contributed by atoms with Gasteiger partial charge in [-0.15, -0.1) is 0 Å². The van der Waals surface area contributed by atoms with Crippen LogP contribution in [0.3, 0.4) is 0 Å². The molecule has 1 aromatic carbocycles. The van der Waals surface area contributed by atoms with E-state index in [1.807, 2.05) is 30.5 Å². The summed E-state index contributed by atoms with van der Waals surface area (Å²) in [5.41, 5.74) is 2.04. The molecule has 0 unspecified atom stereocenters. The van der Waals surface area contributed by atoms with Crippen LogP contribution in [0, 0.1) is 5.41 Å². The molecule has 2 aromatic rings. The van der Waals surface area contributed by atoms with Crippen molar-refractivity contribution in [3.05, 3.63) is 36.3 Å². The second-order valence-corrected chi connectivity index (χ2v) is 7.08. The van der Waals surface area contributed by atoms with Crippen molar-refractivity contribution >= 4 is 6.09 Å². The van der Waals surface area contributed by atoms with Crippen LogP contribution in [0.2, 0.25) is 0 Å². The van der Waals surface area contributed by atoms with E-state index in [2.05, 4.69) is 36.1 Å². The van der Waals surface area contributed by atoms with Crippen LogP contribution in [-0.2, 0) is 11.2 Å². The molecule has 0 aliphatic carbocycles. The summed E-state index contributed by atoms with van der Waals surface area (Å²) in [6, 6.07) is 7.73. The first kappa shape index (κ1) is 18.8. The minimum Gasteiger partial charge on any atom is -0.497 e. The highest BCUT2D eigenvalue weighted by molar-refractivity contribution is 5.67. The fourth-order valence-corrected chi connectivity index (χ4v) is 2.18. The molecule has 0 aliphatic rings. The Balaban J connectivity index is 1.75. The number of nitrogens with zero attached hydrogens (tertiary/aromatic N) is 1. The van der Waals surface area contributed by atoms with Gasteiger partial charge in [0.05, 0.1) is 19.4 Å². The third-order valence-corrected chi connectivity index (χ3v) is 3.73. The van der Waals surface area contributed by atoms with Crippen molar-refractivity contribution in [1.82, 2.24) is 15.3 Å². The molecule has 0 bridgehead atoms. The Morgan fingerprint density at radius 3 is 2.60 bits per heavy atom. The molecule has 0 radical (unpaired) electrons. The molecular formula is C19H27N3O3. The predicted molar refractivity (Wildman–Crippen MR) is 97.7 cm³/mol. The molecule has 0 fully saturated rings. The lowest BCUT2D eigenvalue weighted by molar-refractivity contribution is 0.131. The molecule has 2 N–H and O–H groups in total. The van der Waals surface area contributed by atoms with E-state index in [1.165, 1.54) is 0 Å². The number of rotatable bonds is 7. The van der Waals surface area contributed by atoms with Gasteiger partial charge in [-0.1, -0.05) is 20.8 Å². The second-order valence-electron chi connectivity index (χ2n) is 7.08. The molecule has 1 heterocycles. The second kappa shape index (κ2) is 8.55. The van der Waals surface area contributed by atoms with E-state index < -0.39 is 0 Å². The molecule has 0 atom stereocenters. The van der Waals surface area contributed by atoms with Crippen LogP contribution in [0.5, 0.6) is 5.75 Å². The smallest absolute Gasteiger partial charge is 0.407 e. The standard InChI is InChI=1S/C19H27N3O3/c1-19(2,3)10-12-25-18(23)20-11-9-17-21-13-16(22-17)14-5-7-15(24-4)8-6-14/h5-8,13H,9-12H2,1-4H3,(H,20,23)(H,21,22). The van der Waals surface area contributed by atoms with Crippen molar-refractivity contribution in [2.75, 3.05) is 20.3 Å². The first-order valence-electron chi connectivity index (χ1n) is 8.47. The SMILES string of the molecule is COc1ccc(-c2c[nH]c(CCNC(=O)OCCC(C)(C)C)n2)cc1. The molecule has 6 heteroatoms. The number of alkyl carbamates (subject to hydrolysis) is 1. The summed E-state index contributed by atoms with van der Waals surface area (Å²) in [5, 5.41) is 2.74. The average Bonchev–Trinajstić information content (AvgIpc) is 3.02. The van der Waals surface area contributed by atoms with Crippen molar-refractivity contribution in [3.63, 3.8) is 0 Å². The number of methoxy groups -OCH3 is 1. The number of H-pyrrole nitrogens is 1. The number of imidazole rings is 1. The molecule has 2 rings (SSSR count). The molecular weight excluding hydrogens is 318 g/mol. The van der Waals surface area contributed by atoms with Gasteiger partial charge in [0, 0.05) is 24.7 Å². The quantitative estimate of drug-likeness (QED) is 0.800. The fraction of sp³-hybridized carbons (Fsp3) is 0.474. The molecule has 0 spiro atoms. The van der Waals surface area contributed by atoms with E-state index in [0.29, 0.717) is 19.6 Å². The highest BCUT2D eigenvalue weighted by Gasteiger charge is 2.11. The van der Waals surface area contributed by atoms with Crippen LogP contribution in [0.25, 0.3) is 11.3 Å². The lowest BCUT2D eigenvalue weighted by atomic mass is 9.93. The Labute approximate surface area is 149 Å². The van der Waals surface area contributed by atoms with Crippen molar-refractivity contribution in [2.45, 2.75) is 33.6 Å². The molecule has 0 saturated heterocycles. The van der Waals surface area contributed by atoms with Gasteiger partial charge in [0.25, 0.3) is 0 Å². The van der Waals surface area contributed by atoms with Crippen LogP contribution >= 0.6 is 0 Å². The minimum absolute atomic E-state index is 0.159. The minimum atomic E-state index is -0.383. The van der Waals surface area contributed by atoms with E-state index >= 15 is 0 Å². The Kier molecular flexibility index (Phi) is 6.44. The molecule has 6 nitrogen and oxygen atoms in total. The molecule has 136 valence electrons. The van der Waals surface area contributed by atoms with Gasteiger partial charge in [0.15, 0.2) is 0 Å². The molecule has 0 aliphatic heterocycles. The predicted octanol–water partition coefficient (Wildman–Crippen LogP) is 3.79. The van der Waals surface area contributed by atoms with Crippen LogP contribution in [0.15, 0.2) is 30.5 Å². The van der Waals surface area contributed by atoms with Gasteiger partial charge >= 0.3 is 6.09 Å². The van der Waals surface area contributed by atoms with Crippen LogP contribution in [0.1, 0.15) is 33.0 Å². The van der Waals surface area contributed by atoms with Crippen molar-refractivity contribution in [2.24, 2.45) is 5.41 Å². The van der Waals surface area contributed by atoms with E-state index in [1.54, 1.807) is 7.11 Å². The maximum absolute atomic E-state index is 11.6. The summed E-state index contributed by atoms with van der Waals surface area (Å²) < 4.78 is 10.3. The van der Waals surface area contributed by atoms with Gasteiger partial charge < -0.3 is 19.8 Å².